The van der Waals surface area contributed by atoms with Crippen LogP contribution in [0.1, 0.15) is 252 Å². The molecular formula is C65H106O6. The van der Waals surface area contributed by atoms with E-state index in [2.05, 4.69) is 142 Å². The molecule has 0 aliphatic heterocycles. The van der Waals surface area contributed by atoms with E-state index in [1.165, 1.54) is 77.0 Å². The third-order valence-electron chi connectivity index (χ3n) is 11.9. The zero-order chi connectivity index (χ0) is 51.4. The van der Waals surface area contributed by atoms with E-state index in [4.69, 9.17) is 14.2 Å². The van der Waals surface area contributed by atoms with Gasteiger partial charge in [-0.2, -0.15) is 0 Å². The second-order valence-corrected chi connectivity index (χ2v) is 18.8. The quantitative estimate of drug-likeness (QED) is 0.0261. The number of allylic oxidation sites excluding steroid dienone is 20. The van der Waals surface area contributed by atoms with Crippen LogP contribution in [0.5, 0.6) is 0 Å². The molecule has 0 heterocycles. The number of hydrogen-bond acceptors (Lipinski definition) is 6. The maximum Gasteiger partial charge on any atom is 0.306 e. The molecule has 0 saturated carbocycles. The lowest BCUT2D eigenvalue weighted by Gasteiger charge is -2.18. The average Bonchev–Trinajstić information content (AvgIpc) is 3.37. The van der Waals surface area contributed by atoms with Crippen molar-refractivity contribution in [3.8, 4) is 0 Å². The van der Waals surface area contributed by atoms with E-state index in [9.17, 15) is 14.4 Å². The molecule has 0 aliphatic rings. The highest BCUT2D eigenvalue weighted by Crippen LogP contribution is 2.13. The second-order valence-electron chi connectivity index (χ2n) is 18.8. The molecule has 402 valence electrons. The normalized spacial score (nSPS) is 13.0. The highest BCUT2D eigenvalue weighted by Gasteiger charge is 2.19. The predicted molar refractivity (Wildman–Crippen MR) is 306 cm³/mol. The lowest BCUT2D eigenvalue weighted by Crippen LogP contribution is -2.30. The van der Waals surface area contributed by atoms with E-state index >= 15 is 0 Å². The highest BCUT2D eigenvalue weighted by molar-refractivity contribution is 5.71. The molecule has 1 atom stereocenters. The molecule has 0 aromatic carbocycles. The zero-order valence-electron chi connectivity index (χ0n) is 45.9. The topological polar surface area (TPSA) is 78.9 Å². The van der Waals surface area contributed by atoms with E-state index in [1.54, 1.807) is 0 Å². The van der Waals surface area contributed by atoms with Crippen molar-refractivity contribution >= 4 is 17.9 Å². The van der Waals surface area contributed by atoms with Gasteiger partial charge in [0, 0.05) is 19.3 Å². The third kappa shape index (κ3) is 56.6. The molecular weight excluding hydrogens is 877 g/mol. The molecule has 0 aromatic rings. The van der Waals surface area contributed by atoms with Crippen LogP contribution < -0.4 is 0 Å². The van der Waals surface area contributed by atoms with Gasteiger partial charge in [0.05, 0.1) is 0 Å². The number of unbranched alkanes of at least 4 members (excludes halogenated alkanes) is 20. The Kier molecular flexibility index (Phi) is 54.9. The Bertz CT molecular complexity index is 1500. The van der Waals surface area contributed by atoms with Crippen LogP contribution in [-0.2, 0) is 28.6 Å². The van der Waals surface area contributed by atoms with Crippen molar-refractivity contribution in [1.29, 1.82) is 0 Å². The first-order valence-electron chi connectivity index (χ1n) is 29.0. The molecule has 6 nitrogen and oxygen atoms in total. The standard InChI is InChI=1S/C65H106O6/c1-4-7-10-13-16-19-22-25-28-30-31-32-33-34-35-36-38-40-43-46-49-52-55-58-64(67)70-61-62(60-69-63(66)57-54-51-48-45-42-39-27-24-21-18-15-12-9-6-3)71-65(68)59-56-53-50-47-44-41-37-29-26-23-20-17-14-11-8-5-2/h7,10,16,19-20,23-25,27-29,31-32,34-35,37-38,40,46,49,62H,4-6,8-9,11-15,17-18,21-22,26,30,33,36,39,41-45,47-48,50-61H2,1-3H3/b10-7-,19-16-,23-20-,27-24-,28-25-,32-31-,35-34-,37-29-,40-38-,49-46-. The van der Waals surface area contributed by atoms with Crippen LogP contribution >= 0.6 is 0 Å². The van der Waals surface area contributed by atoms with Gasteiger partial charge < -0.3 is 14.2 Å². The Morgan fingerprint density at radius 2 is 0.563 bits per heavy atom. The molecule has 0 aliphatic carbocycles. The summed E-state index contributed by atoms with van der Waals surface area (Å²) in [6.45, 7) is 6.43. The molecule has 0 rings (SSSR count). The SMILES string of the molecule is CC/C=C\C/C=C\C/C=C\C/C=C\C/C=C\C/C=C\C/C=C\CCCC(=O)OCC(COC(=O)CCCCCCC/C=C\CCCCCCC)OC(=O)CCCCCCC/C=C\C/C=C\CCCCCC. The first-order valence-corrected chi connectivity index (χ1v) is 29.0. The van der Waals surface area contributed by atoms with Crippen LogP contribution in [0.4, 0.5) is 0 Å². The summed E-state index contributed by atoms with van der Waals surface area (Å²) < 4.78 is 16.8. The van der Waals surface area contributed by atoms with Crippen molar-refractivity contribution in [2.24, 2.45) is 0 Å². The minimum atomic E-state index is -0.816. The van der Waals surface area contributed by atoms with E-state index in [0.29, 0.717) is 19.3 Å². The molecule has 0 saturated heterocycles. The molecule has 0 fully saturated rings. The monoisotopic (exact) mass is 983 g/mol. The van der Waals surface area contributed by atoms with Crippen molar-refractivity contribution in [2.45, 2.75) is 258 Å². The fourth-order valence-electron chi connectivity index (χ4n) is 7.57. The van der Waals surface area contributed by atoms with E-state index in [1.807, 2.05) is 0 Å². The average molecular weight is 984 g/mol. The van der Waals surface area contributed by atoms with Crippen molar-refractivity contribution in [2.75, 3.05) is 13.2 Å². The van der Waals surface area contributed by atoms with Crippen LogP contribution in [0.15, 0.2) is 122 Å². The van der Waals surface area contributed by atoms with Crippen molar-refractivity contribution in [1.82, 2.24) is 0 Å². The van der Waals surface area contributed by atoms with Crippen LogP contribution in [-0.4, -0.2) is 37.2 Å². The summed E-state index contributed by atoms with van der Waals surface area (Å²) in [6, 6.07) is 0. The molecule has 0 radical (unpaired) electrons. The van der Waals surface area contributed by atoms with Gasteiger partial charge in [-0.15, -0.1) is 0 Å². The van der Waals surface area contributed by atoms with Gasteiger partial charge in [-0.05, 0) is 128 Å². The van der Waals surface area contributed by atoms with Crippen molar-refractivity contribution in [3.05, 3.63) is 122 Å². The summed E-state index contributed by atoms with van der Waals surface area (Å²) in [4.78, 5) is 38.1. The third-order valence-corrected chi connectivity index (χ3v) is 11.9. The minimum Gasteiger partial charge on any atom is -0.462 e. The minimum absolute atomic E-state index is 0.109. The van der Waals surface area contributed by atoms with Gasteiger partial charge in [0.25, 0.3) is 0 Å². The Labute approximate surface area is 437 Å². The summed E-state index contributed by atoms with van der Waals surface area (Å²) in [5, 5.41) is 0. The van der Waals surface area contributed by atoms with Crippen molar-refractivity contribution in [3.63, 3.8) is 0 Å². The molecule has 0 N–H and O–H groups in total. The first-order chi connectivity index (χ1) is 35.0. The van der Waals surface area contributed by atoms with Crippen LogP contribution in [0.2, 0.25) is 0 Å². The van der Waals surface area contributed by atoms with Gasteiger partial charge in [-0.3, -0.25) is 14.4 Å². The van der Waals surface area contributed by atoms with Crippen LogP contribution in [0, 0.1) is 0 Å². The predicted octanol–water partition coefficient (Wildman–Crippen LogP) is 19.6. The lowest BCUT2D eigenvalue weighted by atomic mass is 10.1. The molecule has 1 unspecified atom stereocenters. The number of ether oxygens (including phenoxy) is 3. The summed E-state index contributed by atoms with van der Waals surface area (Å²) in [5.74, 6) is -0.994. The summed E-state index contributed by atoms with van der Waals surface area (Å²) in [6.07, 6.45) is 80.5. The van der Waals surface area contributed by atoms with Gasteiger partial charge in [0.15, 0.2) is 6.10 Å². The Morgan fingerprint density at radius 3 is 0.944 bits per heavy atom. The van der Waals surface area contributed by atoms with Gasteiger partial charge in [0.2, 0.25) is 0 Å². The van der Waals surface area contributed by atoms with Gasteiger partial charge in [-0.1, -0.05) is 226 Å². The van der Waals surface area contributed by atoms with E-state index in [0.717, 1.165) is 128 Å². The summed E-state index contributed by atoms with van der Waals surface area (Å²) >= 11 is 0. The number of esters is 3. The largest absolute Gasteiger partial charge is 0.462 e. The van der Waals surface area contributed by atoms with Crippen molar-refractivity contribution < 1.29 is 28.6 Å². The van der Waals surface area contributed by atoms with Gasteiger partial charge >= 0.3 is 17.9 Å². The smallest absolute Gasteiger partial charge is 0.306 e. The summed E-state index contributed by atoms with van der Waals surface area (Å²) in [5.41, 5.74) is 0. The molecule has 71 heavy (non-hydrogen) atoms. The molecule has 0 amide bonds. The Hall–Kier alpha value is -4.19. The van der Waals surface area contributed by atoms with Crippen LogP contribution in [0.25, 0.3) is 0 Å². The number of hydrogen-bond donors (Lipinski definition) is 0. The van der Waals surface area contributed by atoms with E-state index in [-0.39, 0.29) is 37.5 Å². The van der Waals surface area contributed by atoms with E-state index < -0.39 is 6.10 Å². The number of rotatable bonds is 51. The molecule has 0 bridgehead atoms. The zero-order valence-corrected chi connectivity index (χ0v) is 45.9. The summed E-state index contributed by atoms with van der Waals surface area (Å²) in [7, 11) is 0. The molecule has 0 spiro atoms. The lowest BCUT2D eigenvalue weighted by molar-refractivity contribution is -0.167. The molecule has 6 heteroatoms. The first kappa shape index (κ1) is 66.8. The fraction of sp³-hybridized carbons (Fsp3) is 0.646. The van der Waals surface area contributed by atoms with Gasteiger partial charge in [-0.25, -0.2) is 0 Å². The highest BCUT2D eigenvalue weighted by atomic mass is 16.6. The Morgan fingerprint density at radius 1 is 0.296 bits per heavy atom. The number of carbonyl (C=O) groups is 3. The molecule has 0 aromatic heterocycles. The maximum absolute atomic E-state index is 12.8. The number of carbonyl (C=O) groups excluding carboxylic acids is 3. The van der Waals surface area contributed by atoms with Crippen LogP contribution in [0.3, 0.4) is 0 Å². The fourth-order valence-corrected chi connectivity index (χ4v) is 7.57. The maximum atomic E-state index is 12.8. The Balaban J connectivity index is 4.52. The second kappa shape index (κ2) is 58.4. The van der Waals surface area contributed by atoms with Gasteiger partial charge in [0.1, 0.15) is 13.2 Å².